The standard InChI is InChI=1S/C16H17N5O2/c1-9-8-21-11(7-18-9)16(22)20-5-6-23-15-13(20)12(21)10-3-2-4-17-14(10)19-15/h2-4,9,11,18H,5-8H2,1H3. The Morgan fingerprint density at radius 2 is 2.30 bits per heavy atom. The molecule has 2 aromatic rings. The first-order valence-corrected chi connectivity index (χ1v) is 7.97. The summed E-state index contributed by atoms with van der Waals surface area (Å²) in [7, 11) is 0. The number of amides is 1. The Hall–Kier alpha value is -2.41. The third-order valence-corrected chi connectivity index (χ3v) is 4.84. The fraction of sp³-hybridized carbons (Fsp3) is 0.438. The third kappa shape index (κ3) is 1.71. The third-order valence-electron chi connectivity index (χ3n) is 4.84. The first-order valence-electron chi connectivity index (χ1n) is 7.97. The van der Waals surface area contributed by atoms with Crippen LogP contribution < -0.4 is 19.9 Å². The molecule has 118 valence electrons. The van der Waals surface area contributed by atoms with E-state index in [1.54, 1.807) is 6.20 Å². The summed E-state index contributed by atoms with van der Waals surface area (Å²) in [5.41, 5.74) is 2.52. The molecule has 1 saturated heterocycles. The average Bonchev–Trinajstić information content (AvgIpc) is 2.58. The van der Waals surface area contributed by atoms with Gasteiger partial charge in [-0.15, -0.1) is 0 Å². The van der Waals surface area contributed by atoms with Crippen molar-refractivity contribution in [3.63, 3.8) is 0 Å². The summed E-state index contributed by atoms with van der Waals surface area (Å²) in [6.45, 7) is 4.63. The van der Waals surface area contributed by atoms with Crippen LogP contribution in [0.1, 0.15) is 6.92 Å². The van der Waals surface area contributed by atoms with E-state index in [2.05, 4.69) is 27.1 Å². The average molecular weight is 311 g/mol. The van der Waals surface area contributed by atoms with E-state index in [1.807, 2.05) is 17.0 Å². The lowest BCUT2D eigenvalue weighted by Gasteiger charge is -2.48. The van der Waals surface area contributed by atoms with Crippen molar-refractivity contribution < 1.29 is 9.53 Å². The van der Waals surface area contributed by atoms with Crippen LogP contribution in [0.2, 0.25) is 0 Å². The Balaban J connectivity index is 1.84. The van der Waals surface area contributed by atoms with Crippen molar-refractivity contribution in [1.29, 1.82) is 0 Å². The van der Waals surface area contributed by atoms with E-state index < -0.39 is 0 Å². The minimum atomic E-state index is -0.171. The second kappa shape index (κ2) is 4.55. The quantitative estimate of drug-likeness (QED) is 0.765. The minimum Gasteiger partial charge on any atom is -0.474 e. The summed E-state index contributed by atoms with van der Waals surface area (Å²) >= 11 is 0. The Morgan fingerprint density at radius 1 is 1.39 bits per heavy atom. The Morgan fingerprint density at radius 3 is 3.22 bits per heavy atom. The normalized spacial score (nSPS) is 25.9. The second-order valence-electron chi connectivity index (χ2n) is 6.30. The maximum atomic E-state index is 12.9. The van der Waals surface area contributed by atoms with Gasteiger partial charge in [-0.25, -0.2) is 4.98 Å². The summed E-state index contributed by atoms with van der Waals surface area (Å²) in [4.78, 5) is 25.9. The highest BCUT2D eigenvalue weighted by Crippen LogP contribution is 2.47. The van der Waals surface area contributed by atoms with Gasteiger partial charge in [-0.1, -0.05) is 0 Å². The summed E-state index contributed by atoms with van der Waals surface area (Å²) < 4.78 is 5.75. The van der Waals surface area contributed by atoms with Crippen molar-refractivity contribution in [3.05, 3.63) is 18.3 Å². The van der Waals surface area contributed by atoms with Gasteiger partial charge in [0, 0.05) is 30.7 Å². The largest absolute Gasteiger partial charge is 0.474 e. The zero-order chi connectivity index (χ0) is 15.6. The van der Waals surface area contributed by atoms with Gasteiger partial charge in [-0.3, -0.25) is 4.79 Å². The molecule has 0 saturated carbocycles. The first-order chi connectivity index (χ1) is 11.2. The fourth-order valence-electron chi connectivity index (χ4n) is 3.81. The number of pyridine rings is 2. The van der Waals surface area contributed by atoms with Crippen LogP contribution in [0.3, 0.4) is 0 Å². The van der Waals surface area contributed by atoms with Crippen LogP contribution in [-0.2, 0) is 4.79 Å². The predicted octanol–water partition coefficient (Wildman–Crippen LogP) is 0.535. The monoisotopic (exact) mass is 311 g/mol. The number of aromatic nitrogens is 2. The summed E-state index contributed by atoms with van der Waals surface area (Å²) in [6, 6.07) is 4.09. The van der Waals surface area contributed by atoms with Crippen molar-refractivity contribution in [1.82, 2.24) is 15.3 Å². The topological polar surface area (TPSA) is 70.6 Å². The highest BCUT2D eigenvalue weighted by Gasteiger charge is 2.45. The molecule has 3 aliphatic rings. The van der Waals surface area contributed by atoms with Crippen LogP contribution in [-0.4, -0.2) is 54.2 Å². The lowest BCUT2D eigenvalue weighted by atomic mass is 10.00. The SMILES string of the molecule is CC1CN2c3c4c(nc5ncccc35)OCCN4C(=O)C2CN1. The molecule has 0 radical (unpaired) electrons. The molecule has 2 unspecified atom stereocenters. The van der Waals surface area contributed by atoms with Gasteiger partial charge < -0.3 is 19.9 Å². The Bertz CT molecular complexity index is 823. The van der Waals surface area contributed by atoms with Crippen LogP contribution in [0.15, 0.2) is 18.3 Å². The molecule has 1 N–H and O–H groups in total. The van der Waals surface area contributed by atoms with Gasteiger partial charge in [0.1, 0.15) is 18.3 Å². The Labute approximate surface area is 133 Å². The number of piperazine rings is 1. The molecular weight excluding hydrogens is 294 g/mol. The molecule has 0 aliphatic carbocycles. The molecule has 3 aliphatic heterocycles. The van der Waals surface area contributed by atoms with E-state index in [9.17, 15) is 4.79 Å². The van der Waals surface area contributed by atoms with Gasteiger partial charge in [-0.2, -0.15) is 4.98 Å². The zero-order valence-corrected chi connectivity index (χ0v) is 12.8. The van der Waals surface area contributed by atoms with Crippen molar-refractivity contribution in [2.24, 2.45) is 0 Å². The maximum Gasteiger partial charge on any atom is 0.251 e. The van der Waals surface area contributed by atoms with Crippen molar-refractivity contribution in [2.45, 2.75) is 19.0 Å². The predicted molar refractivity (Wildman–Crippen MR) is 86.0 cm³/mol. The molecular formula is C16H17N5O2. The van der Waals surface area contributed by atoms with Crippen LogP contribution in [0, 0.1) is 0 Å². The number of nitrogens with zero attached hydrogens (tertiary/aromatic N) is 4. The van der Waals surface area contributed by atoms with Gasteiger partial charge in [0.25, 0.3) is 5.91 Å². The van der Waals surface area contributed by atoms with Crippen LogP contribution in [0.25, 0.3) is 11.0 Å². The number of nitrogens with one attached hydrogen (secondary N) is 1. The van der Waals surface area contributed by atoms with Crippen LogP contribution in [0.5, 0.6) is 5.88 Å². The van der Waals surface area contributed by atoms with Gasteiger partial charge in [0.15, 0.2) is 5.65 Å². The first kappa shape index (κ1) is 13.1. The van der Waals surface area contributed by atoms with Gasteiger partial charge in [0.05, 0.1) is 12.2 Å². The number of anilines is 2. The van der Waals surface area contributed by atoms with E-state index in [4.69, 9.17) is 4.74 Å². The lowest BCUT2D eigenvalue weighted by Crippen LogP contribution is -2.65. The number of hydrogen-bond donors (Lipinski definition) is 1. The number of rotatable bonds is 0. The molecule has 2 aromatic heterocycles. The summed E-state index contributed by atoms with van der Waals surface area (Å²) in [6.07, 6.45) is 1.74. The van der Waals surface area contributed by atoms with Gasteiger partial charge in [-0.05, 0) is 19.1 Å². The molecule has 7 nitrogen and oxygen atoms in total. The molecule has 2 atom stereocenters. The molecule has 7 heteroatoms. The second-order valence-corrected chi connectivity index (χ2v) is 6.30. The minimum absolute atomic E-state index is 0.131. The molecule has 5 rings (SSSR count). The van der Waals surface area contributed by atoms with E-state index in [0.717, 1.165) is 23.3 Å². The molecule has 1 amide bonds. The number of hydrogen-bond acceptors (Lipinski definition) is 6. The van der Waals surface area contributed by atoms with Gasteiger partial charge >= 0.3 is 0 Å². The van der Waals surface area contributed by atoms with E-state index in [1.165, 1.54) is 0 Å². The van der Waals surface area contributed by atoms with Crippen molar-refractivity contribution in [3.8, 4) is 5.88 Å². The number of carbonyl (C=O) groups excluding carboxylic acids is 1. The molecule has 1 fully saturated rings. The van der Waals surface area contributed by atoms with Gasteiger partial charge in [0.2, 0.25) is 5.88 Å². The summed E-state index contributed by atoms with van der Waals surface area (Å²) in [5.74, 6) is 0.655. The molecule has 5 heterocycles. The van der Waals surface area contributed by atoms with Crippen molar-refractivity contribution in [2.75, 3.05) is 36.0 Å². The molecule has 0 bridgehead atoms. The highest BCUT2D eigenvalue weighted by atomic mass is 16.5. The fourth-order valence-corrected chi connectivity index (χ4v) is 3.81. The molecule has 23 heavy (non-hydrogen) atoms. The van der Waals surface area contributed by atoms with Crippen LogP contribution in [0.4, 0.5) is 11.4 Å². The molecule has 0 spiro atoms. The summed E-state index contributed by atoms with van der Waals surface area (Å²) in [5, 5.41) is 4.40. The Kier molecular flexibility index (Phi) is 2.58. The van der Waals surface area contributed by atoms with E-state index >= 15 is 0 Å². The van der Waals surface area contributed by atoms with Crippen LogP contribution >= 0.6 is 0 Å². The van der Waals surface area contributed by atoms with E-state index in [-0.39, 0.29) is 11.9 Å². The zero-order valence-electron chi connectivity index (χ0n) is 12.8. The highest BCUT2D eigenvalue weighted by molar-refractivity contribution is 6.13. The number of ether oxygens (including phenoxy) is 1. The maximum absolute atomic E-state index is 12.9. The number of carbonyl (C=O) groups is 1. The van der Waals surface area contributed by atoms with E-state index in [0.29, 0.717) is 37.3 Å². The number of fused-ring (bicyclic) bond motifs is 4. The molecule has 0 aromatic carbocycles. The smallest absolute Gasteiger partial charge is 0.251 e. The van der Waals surface area contributed by atoms with Crippen molar-refractivity contribution >= 4 is 28.3 Å². The lowest BCUT2D eigenvalue weighted by molar-refractivity contribution is -0.120.